The summed E-state index contributed by atoms with van der Waals surface area (Å²) in [5.74, 6) is 0.139. The topological polar surface area (TPSA) is 87.7 Å². The molecule has 0 unspecified atom stereocenters. The maximum absolute atomic E-state index is 9.98. The number of aromatic amines is 1. The third-order valence-corrected chi connectivity index (χ3v) is 5.72. The first-order valence-corrected chi connectivity index (χ1v) is 9.79. The zero-order valence-corrected chi connectivity index (χ0v) is 16.7. The number of fused-ring (bicyclic) bond motifs is 2. The van der Waals surface area contributed by atoms with Crippen molar-refractivity contribution in [1.82, 2.24) is 10.2 Å². The molecule has 5 nitrogen and oxygen atoms in total. The fourth-order valence-corrected chi connectivity index (χ4v) is 4.36. The zero-order chi connectivity index (χ0) is 20.8. The Morgan fingerprint density at radius 2 is 1.87 bits per heavy atom. The summed E-state index contributed by atoms with van der Waals surface area (Å²) in [6.07, 6.45) is 0. The number of ether oxygens (including phenoxy) is 1. The van der Waals surface area contributed by atoms with Gasteiger partial charge in [-0.25, -0.2) is 0 Å². The molecule has 0 fully saturated rings. The molecule has 2 heterocycles. The highest BCUT2D eigenvalue weighted by Crippen LogP contribution is 2.47. The van der Waals surface area contributed by atoms with E-state index < -0.39 is 0 Å². The fraction of sp³-hybridized carbons (Fsp3) is 0.120. The van der Waals surface area contributed by atoms with Gasteiger partial charge in [0.15, 0.2) is 0 Å². The SMILES string of the molecule is Cc1ccc(-c2[nH]nc3c2[C@@H](c2cccc4ccccc24)C(C#N)=C(N)O3)c(C)c1. The van der Waals surface area contributed by atoms with Gasteiger partial charge in [0, 0.05) is 5.56 Å². The minimum Gasteiger partial charge on any atom is -0.420 e. The largest absolute Gasteiger partial charge is 0.420 e. The number of aromatic nitrogens is 2. The van der Waals surface area contributed by atoms with Crippen LogP contribution in [0.5, 0.6) is 5.88 Å². The minimum atomic E-state index is -0.376. The molecule has 1 aliphatic heterocycles. The molecular formula is C25H20N4O. The van der Waals surface area contributed by atoms with Gasteiger partial charge in [-0.1, -0.05) is 66.2 Å². The summed E-state index contributed by atoms with van der Waals surface area (Å²) in [5, 5.41) is 19.7. The second-order valence-corrected chi connectivity index (χ2v) is 7.63. The van der Waals surface area contributed by atoms with Crippen LogP contribution in [0.15, 0.2) is 72.1 Å². The van der Waals surface area contributed by atoms with Crippen molar-refractivity contribution in [2.45, 2.75) is 19.8 Å². The molecule has 0 saturated heterocycles. The van der Waals surface area contributed by atoms with E-state index in [1.54, 1.807) is 0 Å². The van der Waals surface area contributed by atoms with Crippen LogP contribution < -0.4 is 10.5 Å². The van der Waals surface area contributed by atoms with Gasteiger partial charge in [0.25, 0.3) is 0 Å². The number of benzene rings is 3. The molecule has 3 aromatic carbocycles. The molecule has 1 aliphatic rings. The van der Waals surface area contributed by atoms with Crippen LogP contribution in [0.25, 0.3) is 22.0 Å². The Bertz CT molecular complexity index is 1370. The summed E-state index contributed by atoms with van der Waals surface area (Å²) in [5.41, 5.74) is 12.6. The van der Waals surface area contributed by atoms with Gasteiger partial charge in [-0.15, -0.1) is 5.10 Å². The first-order valence-electron chi connectivity index (χ1n) is 9.79. The van der Waals surface area contributed by atoms with Crippen LogP contribution in [0.4, 0.5) is 0 Å². The molecule has 1 aromatic heterocycles. The van der Waals surface area contributed by atoms with E-state index in [-0.39, 0.29) is 11.8 Å². The number of H-pyrrole nitrogens is 1. The van der Waals surface area contributed by atoms with E-state index in [9.17, 15) is 5.26 Å². The maximum atomic E-state index is 9.98. The average molecular weight is 392 g/mol. The van der Waals surface area contributed by atoms with Crippen LogP contribution in [-0.4, -0.2) is 10.2 Å². The third kappa shape index (κ3) is 2.66. The highest BCUT2D eigenvalue weighted by molar-refractivity contribution is 5.88. The number of allylic oxidation sites excluding steroid dienone is 1. The Kier molecular flexibility index (Phi) is 4.07. The van der Waals surface area contributed by atoms with E-state index in [4.69, 9.17) is 10.5 Å². The normalized spacial score (nSPS) is 15.6. The van der Waals surface area contributed by atoms with Crippen molar-refractivity contribution in [2.24, 2.45) is 5.73 Å². The van der Waals surface area contributed by atoms with Crippen LogP contribution in [-0.2, 0) is 0 Å². The van der Waals surface area contributed by atoms with Gasteiger partial charge in [-0.2, -0.15) is 5.26 Å². The van der Waals surface area contributed by atoms with Crippen molar-refractivity contribution >= 4 is 10.8 Å². The molecule has 5 heteroatoms. The van der Waals surface area contributed by atoms with Crippen molar-refractivity contribution in [3.63, 3.8) is 0 Å². The van der Waals surface area contributed by atoms with Gasteiger partial charge in [-0.3, -0.25) is 5.10 Å². The summed E-state index contributed by atoms with van der Waals surface area (Å²) >= 11 is 0. The predicted molar refractivity (Wildman–Crippen MR) is 117 cm³/mol. The molecule has 4 aromatic rings. The lowest BCUT2D eigenvalue weighted by molar-refractivity contribution is 0.379. The Labute approximate surface area is 174 Å². The van der Waals surface area contributed by atoms with Crippen LogP contribution in [0.2, 0.25) is 0 Å². The van der Waals surface area contributed by atoms with Crippen molar-refractivity contribution in [2.75, 3.05) is 0 Å². The molecule has 0 bridgehead atoms. The molecule has 1 atom stereocenters. The summed E-state index contributed by atoms with van der Waals surface area (Å²) in [6.45, 7) is 4.14. The molecule has 5 rings (SSSR count). The number of rotatable bonds is 2. The number of hydrogen-bond acceptors (Lipinski definition) is 4. The standard InChI is InChI=1S/C25H20N4O/c1-14-10-11-17(15(2)12-14)23-22-21(20(13-26)24(27)30-25(22)29-28-23)19-9-5-7-16-6-3-4-8-18(16)19/h3-12,21H,27H2,1-2H3,(H,28,29)/t21-/m0/s1. The van der Waals surface area contributed by atoms with Crippen LogP contribution in [0, 0.1) is 25.2 Å². The number of aryl methyl sites for hydroxylation is 2. The smallest absolute Gasteiger partial charge is 0.244 e. The molecule has 0 radical (unpaired) electrons. The second-order valence-electron chi connectivity index (χ2n) is 7.63. The lowest BCUT2D eigenvalue weighted by Gasteiger charge is -2.25. The first kappa shape index (κ1) is 18.0. The fourth-order valence-electron chi connectivity index (χ4n) is 4.36. The minimum absolute atomic E-state index is 0.0987. The van der Waals surface area contributed by atoms with Crippen molar-refractivity contribution in [3.05, 3.63) is 94.4 Å². The van der Waals surface area contributed by atoms with Crippen molar-refractivity contribution in [3.8, 4) is 23.2 Å². The molecule has 30 heavy (non-hydrogen) atoms. The van der Waals surface area contributed by atoms with Crippen molar-refractivity contribution in [1.29, 1.82) is 5.26 Å². The first-order chi connectivity index (χ1) is 14.6. The van der Waals surface area contributed by atoms with E-state index in [0.717, 1.165) is 38.7 Å². The maximum Gasteiger partial charge on any atom is 0.244 e. The number of hydrogen-bond donors (Lipinski definition) is 2. The Hall–Kier alpha value is -4.04. The van der Waals surface area contributed by atoms with Gasteiger partial charge in [-0.05, 0) is 35.7 Å². The quantitative estimate of drug-likeness (QED) is 0.499. The van der Waals surface area contributed by atoms with Crippen LogP contribution in [0.1, 0.15) is 28.2 Å². The van der Waals surface area contributed by atoms with Gasteiger partial charge in [0.05, 0.1) is 17.2 Å². The van der Waals surface area contributed by atoms with Gasteiger partial charge in [0.2, 0.25) is 11.8 Å². The molecule has 146 valence electrons. The van der Waals surface area contributed by atoms with E-state index >= 15 is 0 Å². The predicted octanol–water partition coefficient (Wildman–Crippen LogP) is 5.06. The zero-order valence-electron chi connectivity index (χ0n) is 16.7. The Morgan fingerprint density at radius 1 is 1.07 bits per heavy atom. The monoisotopic (exact) mass is 392 g/mol. The molecule has 3 N–H and O–H groups in total. The second kappa shape index (κ2) is 6.78. The van der Waals surface area contributed by atoms with E-state index in [1.807, 2.05) is 24.3 Å². The van der Waals surface area contributed by atoms with E-state index in [1.165, 1.54) is 5.56 Å². The molecule has 0 aliphatic carbocycles. The summed E-state index contributed by atoms with van der Waals surface area (Å²) in [4.78, 5) is 0. The average Bonchev–Trinajstić information content (AvgIpc) is 3.15. The van der Waals surface area contributed by atoms with E-state index in [2.05, 4.69) is 66.5 Å². The summed E-state index contributed by atoms with van der Waals surface area (Å²) in [6, 6.07) is 22.8. The third-order valence-electron chi connectivity index (χ3n) is 5.72. The van der Waals surface area contributed by atoms with Gasteiger partial charge < -0.3 is 10.5 Å². The lowest BCUT2D eigenvalue weighted by Crippen LogP contribution is -2.21. The van der Waals surface area contributed by atoms with Gasteiger partial charge in [0.1, 0.15) is 11.6 Å². The number of nitrogens with two attached hydrogens (primary N) is 1. The van der Waals surface area contributed by atoms with Crippen LogP contribution in [0.3, 0.4) is 0 Å². The summed E-state index contributed by atoms with van der Waals surface area (Å²) < 4.78 is 5.76. The number of nitriles is 1. The molecule has 0 amide bonds. The lowest BCUT2D eigenvalue weighted by atomic mass is 9.80. The summed E-state index contributed by atoms with van der Waals surface area (Å²) in [7, 11) is 0. The highest BCUT2D eigenvalue weighted by Gasteiger charge is 2.36. The Balaban J connectivity index is 1.82. The number of nitrogens with one attached hydrogen (secondary N) is 1. The Morgan fingerprint density at radius 3 is 2.67 bits per heavy atom. The molecular weight excluding hydrogens is 372 g/mol. The molecule has 0 spiro atoms. The van der Waals surface area contributed by atoms with Gasteiger partial charge >= 0.3 is 0 Å². The highest BCUT2D eigenvalue weighted by atomic mass is 16.5. The molecule has 0 saturated carbocycles. The number of nitrogens with zero attached hydrogens (tertiary/aromatic N) is 2. The van der Waals surface area contributed by atoms with Crippen molar-refractivity contribution < 1.29 is 4.74 Å². The van der Waals surface area contributed by atoms with E-state index in [0.29, 0.717) is 11.5 Å². The van der Waals surface area contributed by atoms with Crippen LogP contribution >= 0.6 is 0 Å².